The number of nitrogens with one attached hydrogen (secondary N) is 1. The number of hydrogen-bond acceptors (Lipinski definition) is 2. The van der Waals surface area contributed by atoms with Crippen molar-refractivity contribution in [2.24, 2.45) is 0 Å². The van der Waals surface area contributed by atoms with Gasteiger partial charge in [-0.25, -0.2) is 0 Å². The summed E-state index contributed by atoms with van der Waals surface area (Å²) < 4.78 is 5.55. The summed E-state index contributed by atoms with van der Waals surface area (Å²) in [7, 11) is 0. The molecule has 0 bridgehead atoms. The zero-order valence-corrected chi connectivity index (χ0v) is 16.4. The van der Waals surface area contributed by atoms with Gasteiger partial charge in [-0.05, 0) is 48.6 Å². The molecule has 138 valence electrons. The van der Waals surface area contributed by atoms with Gasteiger partial charge in [0.15, 0.2) is 0 Å². The zero-order chi connectivity index (χ0) is 18.6. The Morgan fingerprint density at radius 2 is 1.88 bits per heavy atom. The van der Waals surface area contributed by atoms with Gasteiger partial charge in [0.1, 0.15) is 0 Å². The Bertz CT molecular complexity index is 785. The quantitative estimate of drug-likeness (QED) is 0.801. The van der Waals surface area contributed by atoms with Crippen LogP contribution in [0.5, 0.6) is 0 Å². The fourth-order valence-corrected chi connectivity index (χ4v) is 4.14. The van der Waals surface area contributed by atoms with Crippen LogP contribution in [0, 0.1) is 6.92 Å². The van der Waals surface area contributed by atoms with Crippen LogP contribution in [0.15, 0.2) is 42.5 Å². The van der Waals surface area contributed by atoms with Crippen LogP contribution in [0.4, 0.5) is 0 Å². The lowest BCUT2D eigenvalue weighted by Gasteiger charge is -2.38. The molecule has 0 spiro atoms. The maximum Gasteiger partial charge on any atom is 0.224 e. The van der Waals surface area contributed by atoms with E-state index in [-0.39, 0.29) is 11.3 Å². The van der Waals surface area contributed by atoms with Crippen molar-refractivity contribution in [2.45, 2.75) is 31.6 Å². The highest BCUT2D eigenvalue weighted by Gasteiger charge is 2.36. The molecule has 5 heteroatoms. The Morgan fingerprint density at radius 3 is 2.58 bits per heavy atom. The molecule has 0 radical (unpaired) electrons. The zero-order valence-electron chi connectivity index (χ0n) is 14.9. The summed E-state index contributed by atoms with van der Waals surface area (Å²) >= 11 is 12.5. The van der Waals surface area contributed by atoms with Crippen molar-refractivity contribution in [3.63, 3.8) is 0 Å². The van der Waals surface area contributed by atoms with Crippen LogP contribution in [0.2, 0.25) is 10.0 Å². The van der Waals surface area contributed by atoms with E-state index in [1.54, 1.807) is 6.07 Å². The lowest BCUT2D eigenvalue weighted by molar-refractivity contribution is -0.121. The number of aryl methyl sites for hydroxylation is 1. The van der Waals surface area contributed by atoms with Gasteiger partial charge in [0.25, 0.3) is 0 Å². The second-order valence-electron chi connectivity index (χ2n) is 6.90. The van der Waals surface area contributed by atoms with Crippen molar-refractivity contribution in [1.29, 1.82) is 0 Å². The third kappa shape index (κ3) is 4.40. The average Bonchev–Trinajstić information content (AvgIpc) is 2.63. The lowest BCUT2D eigenvalue weighted by Crippen LogP contribution is -2.45. The lowest BCUT2D eigenvalue weighted by atomic mass is 9.74. The molecule has 2 aromatic rings. The topological polar surface area (TPSA) is 38.3 Å². The second kappa shape index (κ2) is 8.43. The fraction of sp³-hybridized carbons (Fsp3) is 0.381. The van der Waals surface area contributed by atoms with Gasteiger partial charge in [-0.15, -0.1) is 0 Å². The van der Waals surface area contributed by atoms with Crippen LogP contribution in [0.3, 0.4) is 0 Å². The van der Waals surface area contributed by atoms with Crippen LogP contribution in [0.1, 0.15) is 29.5 Å². The monoisotopic (exact) mass is 391 g/mol. The van der Waals surface area contributed by atoms with Crippen LogP contribution in [0.25, 0.3) is 0 Å². The standard InChI is InChI=1S/C21H23Cl2NO2/c1-15-4-2-3-5-16(15)12-20(25)24-14-21(8-10-26-11-9-21)18-7-6-17(22)13-19(18)23/h2-7,13H,8-12,14H2,1H3,(H,24,25). The van der Waals surface area contributed by atoms with Gasteiger partial charge in [0.2, 0.25) is 5.91 Å². The molecule has 3 nitrogen and oxygen atoms in total. The van der Waals surface area contributed by atoms with E-state index < -0.39 is 0 Å². The first-order valence-corrected chi connectivity index (χ1v) is 9.60. The van der Waals surface area contributed by atoms with Gasteiger partial charge in [-0.2, -0.15) is 0 Å². The molecule has 26 heavy (non-hydrogen) atoms. The summed E-state index contributed by atoms with van der Waals surface area (Å²) in [6, 6.07) is 13.6. The van der Waals surface area contributed by atoms with Crippen LogP contribution < -0.4 is 5.32 Å². The first-order chi connectivity index (χ1) is 12.5. The number of ether oxygens (including phenoxy) is 1. The average molecular weight is 392 g/mol. The van der Waals surface area contributed by atoms with Crippen molar-refractivity contribution in [1.82, 2.24) is 5.32 Å². The molecule has 3 rings (SSSR count). The van der Waals surface area contributed by atoms with Gasteiger partial charge in [-0.3, -0.25) is 4.79 Å². The Balaban J connectivity index is 1.75. The molecule has 1 fully saturated rings. The second-order valence-corrected chi connectivity index (χ2v) is 7.74. The molecule has 1 aliphatic rings. The molecule has 0 aliphatic carbocycles. The fourth-order valence-electron chi connectivity index (χ4n) is 3.53. The van der Waals surface area contributed by atoms with Gasteiger partial charge < -0.3 is 10.1 Å². The van der Waals surface area contributed by atoms with Gasteiger partial charge in [0.05, 0.1) is 6.42 Å². The number of carbonyl (C=O) groups excluding carboxylic acids is 1. The van der Waals surface area contributed by atoms with E-state index >= 15 is 0 Å². The molecule has 0 unspecified atom stereocenters. The minimum Gasteiger partial charge on any atom is -0.381 e. The van der Waals surface area contributed by atoms with E-state index in [2.05, 4.69) is 5.32 Å². The minimum absolute atomic E-state index is 0.0234. The summed E-state index contributed by atoms with van der Waals surface area (Å²) in [6.07, 6.45) is 2.02. The number of carbonyl (C=O) groups is 1. The minimum atomic E-state index is -0.221. The molecular formula is C21H23Cl2NO2. The molecule has 1 heterocycles. The SMILES string of the molecule is Cc1ccccc1CC(=O)NCC1(c2ccc(Cl)cc2Cl)CCOCC1. The Labute approximate surface area is 164 Å². The van der Waals surface area contributed by atoms with Crippen molar-refractivity contribution in [2.75, 3.05) is 19.8 Å². The van der Waals surface area contributed by atoms with E-state index in [0.29, 0.717) is 36.2 Å². The first kappa shape index (κ1) is 19.2. The summed E-state index contributed by atoms with van der Waals surface area (Å²) in [5.41, 5.74) is 2.99. The highest BCUT2D eigenvalue weighted by Crippen LogP contribution is 2.39. The third-order valence-corrected chi connectivity index (χ3v) is 5.74. The molecule has 1 saturated heterocycles. The van der Waals surface area contributed by atoms with Gasteiger partial charge >= 0.3 is 0 Å². The Hall–Kier alpha value is -1.55. The van der Waals surface area contributed by atoms with Gasteiger partial charge in [-0.1, -0.05) is 53.5 Å². The predicted molar refractivity (Wildman–Crippen MR) is 106 cm³/mol. The first-order valence-electron chi connectivity index (χ1n) is 8.85. The van der Waals surface area contributed by atoms with E-state index in [1.807, 2.05) is 43.3 Å². The summed E-state index contributed by atoms with van der Waals surface area (Å²) in [6.45, 7) is 3.89. The summed E-state index contributed by atoms with van der Waals surface area (Å²) in [5, 5.41) is 4.38. The van der Waals surface area contributed by atoms with Crippen molar-refractivity contribution in [3.05, 3.63) is 69.2 Å². The third-order valence-electron chi connectivity index (χ3n) is 5.19. The molecule has 0 saturated carbocycles. The molecule has 0 aromatic heterocycles. The van der Waals surface area contributed by atoms with E-state index in [9.17, 15) is 4.79 Å². The number of rotatable bonds is 5. The van der Waals surface area contributed by atoms with Crippen molar-refractivity contribution >= 4 is 29.1 Å². The van der Waals surface area contributed by atoms with Gasteiger partial charge in [0, 0.05) is 35.2 Å². The van der Waals surface area contributed by atoms with Crippen LogP contribution in [-0.2, 0) is 21.4 Å². The predicted octanol–water partition coefficient (Wildman–Crippen LogP) is 4.71. The number of hydrogen-bond donors (Lipinski definition) is 1. The molecule has 1 aliphatic heterocycles. The van der Waals surface area contributed by atoms with Crippen LogP contribution >= 0.6 is 23.2 Å². The van der Waals surface area contributed by atoms with Crippen molar-refractivity contribution in [3.8, 4) is 0 Å². The molecule has 1 amide bonds. The Kier molecular flexibility index (Phi) is 6.23. The van der Waals surface area contributed by atoms with Crippen LogP contribution in [-0.4, -0.2) is 25.7 Å². The van der Waals surface area contributed by atoms with E-state index in [4.69, 9.17) is 27.9 Å². The largest absolute Gasteiger partial charge is 0.381 e. The molecule has 2 aromatic carbocycles. The maximum absolute atomic E-state index is 12.5. The molecule has 0 atom stereocenters. The van der Waals surface area contributed by atoms with Crippen molar-refractivity contribution < 1.29 is 9.53 Å². The highest BCUT2D eigenvalue weighted by atomic mass is 35.5. The van der Waals surface area contributed by atoms with E-state index in [0.717, 1.165) is 29.5 Å². The smallest absolute Gasteiger partial charge is 0.224 e. The normalized spacial score (nSPS) is 16.3. The summed E-state index contributed by atoms with van der Waals surface area (Å²) in [5.74, 6) is 0.0234. The number of halogens is 2. The number of benzene rings is 2. The van der Waals surface area contributed by atoms with E-state index in [1.165, 1.54) is 0 Å². The highest BCUT2D eigenvalue weighted by molar-refractivity contribution is 6.35. The Morgan fingerprint density at radius 1 is 1.15 bits per heavy atom. The molecular weight excluding hydrogens is 369 g/mol. The summed E-state index contributed by atoms with van der Waals surface area (Å²) in [4.78, 5) is 12.5. The molecule has 1 N–H and O–H groups in total. The number of amides is 1. The maximum atomic E-state index is 12.5.